The van der Waals surface area contributed by atoms with Gasteiger partial charge in [-0.2, -0.15) is 0 Å². The fourth-order valence-electron chi connectivity index (χ4n) is 1.69. The van der Waals surface area contributed by atoms with Crippen LogP contribution in [0.5, 0.6) is 0 Å². The van der Waals surface area contributed by atoms with Crippen LogP contribution >= 0.6 is 11.6 Å². The highest BCUT2D eigenvalue weighted by atomic mass is 35.5. The molecule has 1 saturated carbocycles. The molecule has 0 unspecified atom stereocenters. The van der Waals surface area contributed by atoms with Gasteiger partial charge in [0.2, 0.25) is 0 Å². The molecular formula is C11H16ClN3O. The molecule has 0 radical (unpaired) electrons. The fourth-order valence-corrected chi connectivity index (χ4v) is 1.91. The number of nitrogens with one attached hydrogen (secondary N) is 1. The third-order valence-corrected chi connectivity index (χ3v) is 3.17. The van der Waals surface area contributed by atoms with Crippen LogP contribution in [0.4, 0.5) is 5.82 Å². The smallest absolute Gasteiger partial charge is 0.271 e. The molecule has 4 nitrogen and oxygen atoms in total. The Morgan fingerprint density at radius 1 is 1.62 bits per heavy atom. The minimum Gasteiger partial charge on any atom is -0.352 e. The molecule has 0 saturated heterocycles. The van der Waals surface area contributed by atoms with Gasteiger partial charge in [-0.1, -0.05) is 11.6 Å². The molecule has 1 aromatic rings. The van der Waals surface area contributed by atoms with Crippen molar-refractivity contribution in [1.29, 1.82) is 0 Å². The van der Waals surface area contributed by atoms with Crippen molar-refractivity contribution in [2.45, 2.75) is 32.7 Å². The molecule has 1 aromatic heterocycles. The Morgan fingerprint density at radius 2 is 2.31 bits per heavy atom. The molecule has 0 bridgehead atoms. The number of aromatic nitrogens is 2. The first kappa shape index (κ1) is 11.5. The van der Waals surface area contributed by atoms with Crippen molar-refractivity contribution in [2.24, 2.45) is 5.92 Å². The second-order valence-electron chi connectivity index (χ2n) is 4.56. The predicted molar refractivity (Wildman–Crippen MR) is 65.1 cm³/mol. The lowest BCUT2D eigenvalue weighted by Crippen LogP contribution is -2.34. The van der Waals surface area contributed by atoms with Crippen LogP contribution in [0.1, 0.15) is 26.7 Å². The maximum atomic E-state index is 11.4. The Hall–Kier alpha value is -1.03. The topological polar surface area (TPSA) is 49.0 Å². The van der Waals surface area contributed by atoms with Crippen LogP contribution in [0.25, 0.3) is 0 Å². The summed E-state index contributed by atoms with van der Waals surface area (Å²) in [5.41, 5.74) is -0.270. The summed E-state index contributed by atoms with van der Waals surface area (Å²) in [6.07, 6.45) is 3.94. The van der Waals surface area contributed by atoms with Crippen LogP contribution in [0, 0.1) is 5.92 Å². The quantitative estimate of drug-likeness (QED) is 0.878. The van der Waals surface area contributed by atoms with Crippen molar-refractivity contribution in [3.63, 3.8) is 0 Å². The Labute approximate surface area is 99.6 Å². The zero-order chi connectivity index (χ0) is 11.7. The molecular weight excluding hydrogens is 226 g/mol. The number of halogens is 1. The molecule has 0 atom stereocenters. The van der Waals surface area contributed by atoms with E-state index in [0.717, 1.165) is 12.5 Å². The van der Waals surface area contributed by atoms with Gasteiger partial charge in [0.1, 0.15) is 5.02 Å². The third-order valence-electron chi connectivity index (χ3n) is 2.83. The molecule has 1 heterocycles. The lowest BCUT2D eigenvalue weighted by atomic mass is 10.2. The molecule has 1 aliphatic carbocycles. The third kappa shape index (κ3) is 2.38. The monoisotopic (exact) mass is 241 g/mol. The second-order valence-corrected chi connectivity index (χ2v) is 4.94. The number of hydrogen-bond acceptors (Lipinski definition) is 3. The van der Waals surface area contributed by atoms with E-state index in [-0.39, 0.29) is 10.6 Å². The van der Waals surface area contributed by atoms with E-state index in [2.05, 4.69) is 28.7 Å². The van der Waals surface area contributed by atoms with Crippen LogP contribution < -0.4 is 10.5 Å². The van der Waals surface area contributed by atoms with E-state index < -0.39 is 0 Å². The molecule has 1 fully saturated rings. The first-order valence-corrected chi connectivity index (χ1v) is 5.97. The van der Waals surface area contributed by atoms with Crippen LogP contribution in [0.15, 0.2) is 11.1 Å². The van der Waals surface area contributed by atoms with Gasteiger partial charge in [0.05, 0.1) is 6.33 Å². The van der Waals surface area contributed by atoms with Gasteiger partial charge in [-0.3, -0.25) is 4.79 Å². The Kier molecular flexibility index (Phi) is 3.19. The summed E-state index contributed by atoms with van der Waals surface area (Å²) >= 11 is 5.99. The summed E-state index contributed by atoms with van der Waals surface area (Å²) < 4.78 is 0. The zero-order valence-electron chi connectivity index (χ0n) is 9.53. The Morgan fingerprint density at radius 3 is 2.88 bits per heavy atom. The number of nitrogens with zero attached hydrogens (tertiary/aromatic N) is 2. The van der Waals surface area contributed by atoms with Gasteiger partial charge in [0.25, 0.3) is 5.56 Å². The number of anilines is 1. The molecule has 88 valence electrons. The van der Waals surface area contributed by atoms with Crippen molar-refractivity contribution in [2.75, 3.05) is 11.4 Å². The first-order chi connectivity index (χ1) is 7.59. The van der Waals surface area contributed by atoms with Crippen LogP contribution in [-0.4, -0.2) is 22.6 Å². The summed E-state index contributed by atoms with van der Waals surface area (Å²) in [5, 5.41) is 0.192. The highest BCUT2D eigenvalue weighted by Gasteiger charge is 2.27. The molecule has 1 N–H and O–H groups in total. The van der Waals surface area contributed by atoms with Crippen molar-refractivity contribution >= 4 is 17.4 Å². The summed E-state index contributed by atoms with van der Waals surface area (Å²) in [5.74, 6) is 1.34. The number of aromatic amines is 1. The predicted octanol–water partition coefficient (Wildman–Crippen LogP) is 2.05. The van der Waals surface area contributed by atoms with Crippen molar-refractivity contribution in [3.8, 4) is 0 Å². The van der Waals surface area contributed by atoms with E-state index in [4.69, 9.17) is 11.6 Å². The Bertz CT molecular complexity index is 425. The van der Waals surface area contributed by atoms with Crippen molar-refractivity contribution in [1.82, 2.24) is 9.97 Å². The number of H-pyrrole nitrogens is 1. The summed E-state index contributed by atoms with van der Waals surface area (Å²) in [6, 6.07) is 0.299. The van der Waals surface area contributed by atoms with E-state index in [1.807, 2.05) is 0 Å². The molecule has 5 heteroatoms. The first-order valence-electron chi connectivity index (χ1n) is 5.59. The lowest BCUT2D eigenvalue weighted by molar-refractivity contribution is 0.635. The molecule has 1 aliphatic rings. The summed E-state index contributed by atoms with van der Waals surface area (Å²) in [7, 11) is 0. The molecule has 0 spiro atoms. The minimum atomic E-state index is -0.270. The molecule has 2 rings (SSSR count). The lowest BCUT2D eigenvalue weighted by Gasteiger charge is -2.28. The second kappa shape index (κ2) is 4.45. The van der Waals surface area contributed by atoms with Crippen LogP contribution in [0.2, 0.25) is 5.02 Å². The summed E-state index contributed by atoms with van der Waals surface area (Å²) in [4.78, 5) is 20.2. The Balaban J connectivity index is 2.29. The van der Waals surface area contributed by atoms with Crippen molar-refractivity contribution < 1.29 is 0 Å². The van der Waals surface area contributed by atoms with Gasteiger partial charge >= 0.3 is 0 Å². The molecule has 0 aliphatic heterocycles. The summed E-state index contributed by atoms with van der Waals surface area (Å²) in [6.45, 7) is 5.11. The molecule has 0 amide bonds. The van der Waals surface area contributed by atoms with E-state index in [1.165, 1.54) is 19.2 Å². The average Bonchev–Trinajstić information content (AvgIpc) is 3.03. The van der Waals surface area contributed by atoms with Gasteiger partial charge in [0.15, 0.2) is 5.82 Å². The average molecular weight is 242 g/mol. The SMILES string of the molecule is CC(C)N(CC1CC1)c1nc[nH]c(=O)c1Cl. The van der Waals surface area contributed by atoms with Crippen LogP contribution in [-0.2, 0) is 0 Å². The van der Waals surface area contributed by atoms with E-state index in [1.54, 1.807) is 0 Å². The van der Waals surface area contributed by atoms with Gasteiger partial charge in [-0.05, 0) is 32.6 Å². The minimum absolute atomic E-state index is 0.192. The van der Waals surface area contributed by atoms with Gasteiger partial charge in [-0.25, -0.2) is 4.98 Å². The fraction of sp³-hybridized carbons (Fsp3) is 0.636. The van der Waals surface area contributed by atoms with Crippen molar-refractivity contribution in [3.05, 3.63) is 21.7 Å². The molecule has 0 aromatic carbocycles. The maximum absolute atomic E-state index is 11.4. The number of hydrogen-bond donors (Lipinski definition) is 1. The standard InChI is InChI=1S/C11H16ClN3O/c1-7(2)15(5-8-3-4-8)10-9(12)11(16)14-6-13-10/h6-8H,3-5H2,1-2H3,(H,13,14,16). The van der Waals surface area contributed by atoms with Gasteiger partial charge < -0.3 is 9.88 Å². The van der Waals surface area contributed by atoms with Gasteiger partial charge in [0, 0.05) is 12.6 Å². The number of rotatable bonds is 4. The molecule has 16 heavy (non-hydrogen) atoms. The maximum Gasteiger partial charge on any atom is 0.271 e. The zero-order valence-corrected chi connectivity index (χ0v) is 10.3. The van der Waals surface area contributed by atoms with Crippen LogP contribution in [0.3, 0.4) is 0 Å². The van der Waals surface area contributed by atoms with Gasteiger partial charge in [-0.15, -0.1) is 0 Å². The normalized spacial score (nSPS) is 15.5. The van der Waals surface area contributed by atoms with E-state index >= 15 is 0 Å². The van der Waals surface area contributed by atoms with E-state index in [9.17, 15) is 4.79 Å². The highest BCUT2D eigenvalue weighted by molar-refractivity contribution is 6.32. The largest absolute Gasteiger partial charge is 0.352 e. The highest BCUT2D eigenvalue weighted by Crippen LogP contribution is 2.32. The van der Waals surface area contributed by atoms with E-state index in [0.29, 0.717) is 11.9 Å².